The maximum Gasteiger partial charge on any atom is 0.118 e. The summed E-state index contributed by atoms with van der Waals surface area (Å²) in [5, 5.41) is 3.58. The van der Waals surface area contributed by atoms with Crippen molar-refractivity contribution >= 4 is 0 Å². The van der Waals surface area contributed by atoms with Crippen LogP contribution in [-0.2, 0) is 12.8 Å². The van der Waals surface area contributed by atoms with Gasteiger partial charge in [0.1, 0.15) is 5.75 Å². The topological polar surface area (TPSA) is 21.3 Å². The lowest BCUT2D eigenvalue weighted by Gasteiger charge is -2.14. The van der Waals surface area contributed by atoms with Gasteiger partial charge in [-0.2, -0.15) is 0 Å². The molecule has 0 bridgehead atoms. The highest BCUT2D eigenvalue weighted by molar-refractivity contribution is 5.27. The van der Waals surface area contributed by atoms with Crippen LogP contribution in [0, 0.1) is 0 Å². The molecule has 0 heterocycles. The van der Waals surface area contributed by atoms with E-state index in [0.717, 1.165) is 25.1 Å². The molecule has 2 nitrogen and oxygen atoms in total. The van der Waals surface area contributed by atoms with Gasteiger partial charge >= 0.3 is 0 Å². The average Bonchev–Trinajstić information content (AvgIpc) is 2.49. The SMILES string of the molecule is COc1ccc(CCNC(C)Cc2ccccc2)cc1. The Morgan fingerprint density at radius 3 is 2.30 bits per heavy atom. The quantitative estimate of drug-likeness (QED) is 0.831. The van der Waals surface area contributed by atoms with E-state index in [1.54, 1.807) is 7.11 Å². The molecule has 0 radical (unpaired) electrons. The second-order valence-corrected chi connectivity index (χ2v) is 5.14. The molecule has 0 aliphatic carbocycles. The molecule has 20 heavy (non-hydrogen) atoms. The van der Waals surface area contributed by atoms with Crippen molar-refractivity contribution < 1.29 is 4.74 Å². The van der Waals surface area contributed by atoms with Gasteiger partial charge in [0.05, 0.1) is 7.11 Å². The average molecular weight is 269 g/mol. The molecular formula is C18H23NO. The molecule has 106 valence electrons. The van der Waals surface area contributed by atoms with E-state index in [4.69, 9.17) is 4.74 Å². The molecule has 0 amide bonds. The molecular weight excluding hydrogens is 246 g/mol. The molecule has 2 aromatic carbocycles. The number of benzene rings is 2. The van der Waals surface area contributed by atoms with Crippen molar-refractivity contribution in [3.63, 3.8) is 0 Å². The third-order valence-electron chi connectivity index (χ3n) is 3.45. The van der Waals surface area contributed by atoms with Crippen LogP contribution in [0.4, 0.5) is 0 Å². The van der Waals surface area contributed by atoms with Gasteiger partial charge < -0.3 is 10.1 Å². The molecule has 2 heteroatoms. The summed E-state index contributed by atoms with van der Waals surface area (Å²) in [7, 11) is 1.70. The Labute approximate surface area is 121 Å². The minimum Gasteiger partial charge on any atom is -0.497 e. The van der Waals surface area contributed by atoms with Crippen LogP contribution in [0.1, 0.15) is 18.1 Å². The minimum atomic E-state index is 0.496. The summed E-state index contributed by atoms with van der Waals surface area (Å²) in [5.74, 6) is 0.916. The number of methoxy groups -OCH3 is 1. The lowest BCUT2D eigenvalue weighted by Crippen LogP contribution is -2.29. The molecule has 1 atom stereocenters. The number of hydrogen-bond acceptors (Lipinski definition) is 2. The Hall–Kier alpha value is -1.80. The van der Waals surface area contributed by atoms with Crippen molar-refractivity contribution in [1.29, 1.82) is 0 Å². The predicted octanol–water partition coefficient (Wildman–Crippen LogP) is 3.46. The van der Waals surface area contributed by atoms with E-state index in [1.165, 1.54) is 11.1 Å². The predicted molar refractivity (Wildman–Crippen MR) is 84.3 cm³/mol. The first-order chi connectivity index (χ1) is 9.78. The second kappa shape index (κ2) is 7.71. The van der Waals surface area contributed by atoms with E-state index in [1.807, 2.05) is 12.1 Å². The van der Waals surface area contributed by atoms with Crippen molar-refractivity contribution in [2.75, 3.05) is 13.7 Å². The van der Waals surface area contributed by atoms with E-state index in [2.05, 4.69) is 54.7 Å². The van der Waals surface area contributed by atoms with Crippen LogP contribution in [0.2, 0.25) is 0 Å². The summed E-state index contributed by atoms with van der Waals surface area (Å²) >= 11 is 0. The van der Waals surface area contributed by atoms with Crippen molar-refractivity contribution in [3.05, 3.63) is 65.7 Å². The second-order valence-electron chi connectivity index (χ2n) is 5.14. The summed E-state index contributed by atoms with van der Waals surface area (Å²) in [6, 6.07) is 19.4. The first-order valence-electron chi connectivity index (χ1n) is 7.18. The monoisotopic (exact) mass is 269 g/mol. The van der Waals surface area contributed by atoms with E-state index >= 15 is 0 Å². The van der Waals surface area contributed by atoms with Gasteiger partial charge in [0.15, 0.2) is 0 Å². The lowest BCUT2D eigenvalue weighted by atomic mass is 10.1. The smallest absolute Gasteiger partial charge is 0.118 e. The Morgan fingerprint density at radius 2 is 1.65 bits per heavy atom. The van der Waals surface area contributed by atoms with Gasteiger partial charge in [0, 0.05) is 6.04 Å². The van der Waals surface area contributed by atoms with Crippen LogP contribution in [0.15, 0.2) is 54.6 Å². The van der Waals surface area contributed by atoms with Crippen molar-refractivity contribution in [2.24, 2.45) is 0 Å². The maximum absolute atomic E-state index is 5.16. The van der Waals surface area contributed by atoms with Gasteiger partial charge in [-0.05, 0) is 49.6 Å². The molecule has 0 aromatic heterocycles. The molecule has 0 saturated carbocycles. The Balaban J connectivity index is 1.72. The summed E-state index contributed by atoms with van der Waals surface area (Å²) in [6.45, 7) is 3.24. The van der Waals surface area contributed by atoms with Gasteiger partial charge in [0.2, 0.25) is 0 Å². The third kappa shape index (κ3) is 4.71. The molecule has 2 aromatic rings. The zero-order valence-corrected chi connectivity index (χ0v) is 12.3. The van der Waals surface area contributed by atoms with Crippen LogP contribution < -0.4 is 10.1 Å². The van der Waals surface area contributed by atoms with Crippen LogP contribution in [-0.4, -0.2) is 19.7 Å². The fourth-order valence-corrected chi connectivity index (χ4v) is 2.29. The third-order valence-corrected chi connectivity index (χ3v) is 3.45. The van der Waals surface area contributed by atoms with Gasteiger partial charge in [-0.15, -0.1) is 0 Å². The number of hydrogen-bond donors (Lipinski definition) is 1. The summed E-state index contributed by atoms with van der Waals surface area (Å²) < 4.78 is 5.16. The number of nitrogens with one attached hydrogen (secondary N) is 1. The molecule has 1 N–H and O–H groups in total. The minimum absolute atomic E-state index is 0.496. The van der Waals surface area contributed by atoms with E-state index in [0.29, 0.717) is 6.04 Å². The highest BCUT2D eigenvalue weighted by Crippen LogP contribution is 2.11. The zero-order chi connectivity index (χ0) is 14.2. The van der Waals surface area contributed by atoms with Gasteiger partial charge in [-0.3, -0.25) is 0 Å². The zero-order valence-electron chi connectivity index (χ0n) is 12.3. The molecule has 0 saturated heterocycles. The Bertz CT molecular complexity index is 493. The van der Waals surface area contributed by atoms with E-state index in [9.17, 15) is 0 Å². The summed E-state index contributed by atoms with van der Waals surface area (Å²) in [6.07, 6.45) is 2.12. The standard InChI is InChI=1S/C18H23NO/c1-15(14-17-6-4-3-5-7-17)19-13-12-16-8-10-18(20-2)11-9-16/h3-11,15,19H,12-14H2,1-2H3. The summed E-state index contributed by atoms with van der Waals surface area (Å²) in [4.78, 5) is 0. The van der Waals surface area contributed by atoms with Crippen molar-refractivity contribution in [3.8, 4) is 5.75 Å². The summed E-state index contributed by atoms with van der Waals surface area (Å²) in [5.41, 5.74) is 2.72. The Morgan fingerprint density at radius 1 is 0.950 bits per heavy atom. The van der Waals surface area contributed by atoms with E-state index in [-0.39, 0.29) is 0 Å². The number of rotatable bonds is 7. The van der Waals surface area contributed by atoms with Gasteiger partial charge in [0.25, 0.3) is 0 Å². The molecule has 0 aliphatic rings. The van der Waals surface area contributed by atoms with Gasteiger partial charge in [-0.1, -0.05) is 42.5 Å². The molecule has 2 rings (SSSR count). The van der Waals surface area contributed by atoms with E-state index < -0.39 is 0 Å². The molecule has 1 unspecified atom stereocenters. The highest BCUT2D eigenvalue weighted by atomic mass is 16.5. The lowest BCUT2D eigenvalue weighted by molar-refractivity contribution is 0.414. The fraction of sp³-hybridized carbons (Fsp3) is 0.333. The van der Waals surface area contributed by atoms with Crippen LogP contribution in [0.5, 0.6) is 5.75 Å². The van der Waals surface area contributed by atoms with Crippen LogP contribution in [0.3, 0.4) is 0 Å². The van der Waals surface area contributed by atoms with Crippen molar-refractivity contribution in [1.82, 2.24) is 5.32 Å². The normalized spacial score (nSPS) is 12.1. The maximum atomic E-state index is 5.16. The number of ether oxygens (including phenoxy) is 1. The highest BCUT2D eigenvalue weighted by Gasteiger charge is 2.02. The molecule has 0 aliphatic heterocycles. The fourth-order valence-electron chi connectivity index (χ4n) is 2.29. The molecule has 0 fully saturated rings. The first kappa shape index (κ1) is 14.6. The Kier molecular flexibility index (Phi) is 5.63. The van der Waals surface area contributed by atoms with Crippen LogP contribution >= 0.6 is 0 Å². The largest absolute Gasteiger partial charge is 0.497 e. The first-order valence-corrected chi connectivity index (χ1v) is 7.18. The molecule has 0 spiro atoms. The van der Waals surface area contributed by atoms with Gasteiger partial charge in [-0.25, -0.2) is 0 Å². The van der Waals surface area contributed by atoms with Crippen LogP contribution in [0.25, 0.3) is 0 Å². The van der Waals surface area contributed by atoms with Crippen molar-refractivity contribution in [2.45, 2.75) is 25.8 Å².